The standard InChI is InChI=1S/C7H16N4/c1-3-4-5-10-7(9)11-6(2)8/h3-5H2,1-2H3,(H4,8,9,10,11). The van der Waals surface area contributed by atoms with E-state index < -0.39 is 0 Å². The maximum Gasteiger partial charge on any atom is 0.216 e. The van der Waals surface area contributed by atoms with Crippen LogP contribution in [0, 0.1) is 5.41 Å². The Bertz CT molecular complexity index is 147. The summed E-state index contributed by atoms with van der Waals surface area (Å²) in [6, 6.07) is 0. The zero-order valence-corrected chi connectivity index (χ0v) is 7.15. The molecule has 0 aromatic rings. The lowest BCUT2D eigenvalue weighted by molar-refractivity contribution is 0.749. The van der Waals surface area contributed by atoms with E-state index in [1.807, 2.05) is 0 Å². The molecule has 0 saturated heterocycles. The van der Waals surface area contributed by atoms with Gasteiger partial charge in [-0.1, -0.05) is 13.3 Å². The molecule has 0 atom stereocenters. The average molecular weight is 156 g/mol. The molecule has 0 aromatic heterocycles. The lowest BCUT2D eigenvalue weighted by Gasteiger charge is -2.01. The van der Waals surface area contributed by atoms with Crippen molar-refractivity contribution in [3.05, 3.63) is 0 Å². The number of nitrogens with two attached hydrogens (primary N) is 1. The van der Waals surface area contributed by atoms with Crippen LogP contribution in [0.2, 0.25) is 0 Å². The highest BCUT2D eigenvalue weighted by molar-refractivity contribution is 5.92. The van der Waals surface area contributed by atoms with Crippen LogP contribution in [0.4, 0.5) is 0 Å². The highest BCUT2D eigenvalue weighted by Gasteiger charge is 1.90. The Morgan fingerprint density at radius 2 is 2.27 bits per heavy atom. The van der Waals surface area contributed by atoms with Crippen LogP contribution in [-0.4, -0.2) is 18.3 Å². The molecule has 0 aromatic carbocycles. The van der Waals surface area contributed by atoms with Crippen LogP contribution in [0.5, 0.6) is 0 Å². The van der Waals surface area contributed by atoms with E-state index in [2.05, 4.69) is 17.2 Å². The van der Waals surface area contributed by atoms with E-state index in [0.717, 1.165) is 19.4 Å². The fraction of sp³-hybridized carbons (Fsp3) is 0.714. The minimum atomic E-state index is 0.151. The molecule has 0 aliphatic rings. The van der Waals surface area contributed by atoms with E-state index in [1.165, 1.54) is 0 Å². The molecule has 0 amide bonds. The molecule has 0 rings (SSSR count). The Balaban J connectivity index is 3.46. The van der Waals surface area contributed by atoms with Gasteiger partial charge in [0.15, 0.2) is 0 Å². The third kappa shape index (κ3) is 6.83. The summed E-state index contributed by atoms with van der Waals surface area (Å²) in [5, 5.41) is 10.0. The van der Waals surface area contributed by atoms with E-state index in [-0.39, 0.29) is 5.96 Å². The number of nitrogens with zero attached hydrogens (tertiary/aromatic N) is 1. The number of guanidine groups is 1. The van der Waals surface area contributed by atoms with Crippen molar-refractivity contribution < 1.29 is 0 Å². The lowest BCUT2D eigenvalue weighted by Crippen LogP contribution is -2.24. The van der Waals surface area contributed by atoms with Gasteiger partial charge in [-0.2, -0.15) is 0 Å². The number of aliphatic imine (C=N–C) groups is 1. The monoisotopic (exact) mass is 156 g/mol. The maximum atomic E-state index is 7.22. The molecule has 0 aliphatic heterocycles. The van der Waals surface area contributed by atoms with E-state index in [0.29, 0.717) is 5.84 Å². The van der Waals surface area contributed by atoms with Crippen molar-refractivity contribution in [2.24, 2.45) is 10.7 Å². The van der Waals surface area contributed by atoms with Crippen molar-refractivity contribution >= 4 is 11.8 Å². The molecule has 0 aliphatic carbocycles. The first-order valence-corrected chi connectivity index (χ1v) is 3.80. The van der Waals surface area contributed by atoms with Crippen LogP contribution >= 0.6 is 0 Å². The van der Waals surface area contributed by atoms with E-state index in [9.17, 15) is 0 Å². The van der Waals surface area contributed by atoms with Crippen molar-refractivity contribution in [2.45, 2.75) is 26.7 Å². The largest absolute Gasteiger partial charge is 0.387 e. The van der Waals surface area contributed by atoms with Crippen molar-refractivity contribution in [3.63, 3.8) is 0 Å². The Hall–Kier alpha value is -1.06. The summed E-state index contributed by atoms with van der Waals surface area (Å²) in [5.74, 6) is 0.567. The van der Waals surface area contributed by atoms with E-state index >= 15 is 0 Å². The van der Waals surface area contributed by atoms with Crippen LogP contribution in [0.1, 0.15) is 26.7 Å². The molecule has 4 heteroatoms. The van der Waals surface area contributed by atoms with Crippen molar-refractivity contribution in [1.82, 2.24) is 5.32 Å². The third-order valence-electron chi connectivity index (χ3n) is 1.11. The predicted octanol–water partition coefficient (Wildman–Crippen LogP) is 0.688. The van der Waals surface area contributed by atoms with Gasteiger partial charge in [-0.3, -0.25) is 5.41 Å². The Labute approximate surface area is 67.4 Å². The molecule has 11 heavy (non-hydrogen) atoms. The van der Waals surface area contributed by atoms with Gasteiger partial charge < -0.3 is 11.1 Å². The SMILES string of the molecule is CCCCNC(=N)/N=C(\C)N. The van der Waals surface area contributed by atoms with Crippen molar-refractivity contribution in [2.75, 3.05) is 6.54 Å². The molecule has 0 fully saturated rings. The minimum absolute atomic E-state index is 0.151. The second-order valence-corrected chi connectivity index (χ2v) is 2.38. The van der Waals surface area contributed by atoms with E-state index in [4.69, 9.17) is 11.1 Å². The Morgan fingerprint density at radius 1 is 1.64 bits per heavy atom. The molecular weight excluding hydrogens is 140 g/mol. The van der Waals surface area contributed by atoms with Crippen LogP contribution in [-0.2, 0) is 0 Å². The van der Waals surface area contributed by atoms with Gasteiger partial charge in [0.2, 0.25) is 5.96 Å². The summed E-state index contributed by atoms with van der Waals surface area (Å²) in [6.07, 6.45) is 2.17. The molecule has 4 nitrogen and oxygen atoms in total. The Morgan fingerprint density at radius 3 is 2.73 bits per heavy atom. The normalized spacial score (nSPS) is 11.3. The molecule has 0 spiro atoms. The Kier molecular flexibility index (Phi) is 5.15. The first-order valence-electron chi connectivity index (χ1n) is 3.80. The molecule has 0 unspecified atom stereocenters. The molecular formula is C7H16N4. The quantitative estimate of drug-likeness (QED) is 0.319. The number of amidine groups is 1. The first-order chi connectivity index (χ1) is 5.16. The van der Waals surface area contributed by atoms with Gasteiger partial charge in [0.1, 0.15) is 0 Å². The maximum absolute atomic E-state index is 7.22. The number of rotatable bonds is 3. The summed E-state index contributed by atoms with van der Waals surface area (Å²) in [6.45, 7) is 4.56. The van der Waals surface area contributed by atoms with Gasteiger partial charge in [0.05, 0.1) is 5.84 Å². The second-order valence-electron chi connectivity index (χ2n) is 2.38. The van der Waals surface area contributed by atoms with Gasteiger partial charge in [0.25, 0.3) is 0 Å². The molecule has 0 saturated carbocycles. The van der Waals surface area contributed by atoms with Gasteiger partial charge in [-0.05, 0) is 13.3 Å². The number of hydrogen-bond acceptors (Lipinski definition) is 1. The average Bonchev–Trinajstić information content (AvgIpc) is 1.86. The summed E-state index contributed by atoms with van der Waals surface area (Å²) in [5.41, 5.74) is 5.27. The first kappa shape index (κ1) is 9.94. The van der Waals surface area contributed by atoms with E-state index in [1.54, 1.807) is 6.92 Å². The topological polar surface area (TPSA) is 74.3 Å². The smallest absolute Gasteiger partial charge is 0.216 e. The van der Waals surface area contributed by atoms with Crippen LogP contribution in [0.3, 0.4) is 0 Å². The third-order valence-corrected chi connectivity index (χ3v) is 1.11. The zero-order chi connectivity index (χ0) is 8.69. The van der Waals surface area contributed by atoms with Gasteiger partial charge in [-0.15, -0.1) is 0 Å². The highest BCUT2D eigenvalue weighted by Crippen LogP contribution is 1.82. The summed E-state index contributed by atoms with van der Waals surface area (Å²) < 4.78 is 0. The zero-order valence-electron chi connectivity index (χ0n) is 7.15. The number of hydrogen-bond donors (Lipinski definition) is 3. The molecule has 0 heterocycles. The summed E-state index contributed by atoms with van der Waals surface area (Å²) in [7, 11) is 0. The molecule has 64 valence electrons. The highest BCUT2D eigenvalue weighted by atomic mass is 15.1. The van der Waals surface area contributed by atoms with Gasteiger partial charge in [0, 0.05) is 6.54 Å². The molecule has 4 N–H and O–H groups in total. The van der Waals surface area contributed by atoms with Crippen LogP contribution in [0.25, 0.3) is 0 Å². The summed E-state index contributed by atoms with van der Waals surface area (Å²) in [4.78, 5) is 3.72. The number of nitrogens with one attached hydrogen (secondary N) is 2. The van der Waals surface area contributed by atoms with Gasteiger partial charge in [-0.25, -0.2) is 4.99 Å². The molecule has 0 bridgehead atoms. The fourth-order valence-electron chi connectivity index (χ4n) is 0.599. The molecule has 0 radical (unpaired) electrons. The van der Waals surface area contributed by atoms with Gasteiger partial charge >= 0.3 is 0 Å². The van der Waals surface area contributed by atoms with Crippen LogP contribution in [0.15, 0.2) is 4.99 Å². The van der Waals surface area contributed by atoms with Crippen molar-refractivity contribution in [1.29, 1.82) is 5.41 Å². The van der Waals surface area contributed by atoms with Crippen LogP contribution < -0.4 is 11.1 Å². The van der Waals surface area contributed by atoms with Crippen molar-refractivity contribution in [3.8, 4) is 0 Å². The summed E-state index contributed by atoms with van der Waals surface area (Å²) >= 11 is 0. The fourth-order valence-corrected chi connectivity index (χ4v) is 0.599. The number of unbranched alkanes of at least 4 members (excludes halogenated alkanes) is 1. The lowest BCUT2D eigenvalue weighted by atomic mass is 10.3. The predicted molar refractivity (Wildman–Crippen MR) is 47.9 cm³/mol. The second kappa shape index (κ2) is 5.70. The minimum Gasteiger partial charge on any atom is -0.387 e.